The minimum atomic E-state index is -0.706. The van der Waals surface area contributed by atoms with Gasteiger partial charge in [-0.1, -0.05) is 12.1 Å². The fourth-order valence-corrected chi connectivity index (χ4v) is 2.34. The number of hydrogen-bond donors (Lipinski definition) is 1. The van der Waals surface area contributed by atoms with Crippen molar-refractivity contribution in [2.24, 2.45) is 0 Å². The van der Waals surface area contributed by atoms with Crippen molar-refractivity contribution in [2.75, 3.05) is 26.6 Å². The van der Waals surface area contributed by atoms with Crippen molar-refractivity contribution < 1.29 is 33.4 Å². The molecule has 0 aliphatic rings. The van der Waals surface area contributed by atoms with Crippen molar-refractivity contribution in [3.8, 4) is 0 Å². The van der Waals surface area contributed by atoms with Crippen LogP contribution in [0.3, 0.4) is 0 Å². The van der Waals surface area contributed by atoms with Crippen LogP contribution in [0.4, 0.5) is 5.69 Å². The Morgan fingerprint density at radius 2 is 1.26 bits per heavy atom. The summed E-state index contributed by atoms with van der Waals surface area (Å²) in [5.41, 5.74) is 0.301. The summed E-state index contributed by atoms with van der Waals surface area (Å²) in [4.78, 5) is 48.2. The predicted octanol–water partition coefficient (Wildman–Crippen LogP) is 2.30. The number of amides is 1. The zero-order valence-electron chi connectivity index (χ0n) is 14.9. The molecule has 0 spiro atoms. The van der Waals surface area contributed by atoms with E-state index in [4.69, 9.17) is 0 Å². The minimum Gasteiger partial charge on any atom is -0.465 e. The van der Waals surface area contributed by atoms with Gasteiger partial charge in [-0.15, -0.1) is 0 Å². The lowest BCUT2D eigenvalue weighted by molar-refractivity contribution is 0.0587. The lowest BCUT2D eigenvalue weighted by atomic mass is 10.1. The summed E-state index contributed by atoms with van der Waals surface area (Å²) in [6.45, 7) is 0. The van der Waals surface area contributed by atoms with E-state index >= 15 is 0 Å². The van der Waals surface area contributed by atoms with Crippen molar-refractivity contribution in [2.45, 2.75) is 0 Å². The summed E-state index contributed by atoms with van der Waals surface area (Å²) in [6, 6.07) is 10.0. The number of rotatable bonds is 5. The Balaban J connectivity index is 2.46. The van der Waals surface area contributed by atoms with Crippen molar-refractivity contribution in [1.82, 2.24) is 0 Å². The number of nitrogens with one attached hydrogen (secondary N) is 1. The zero-order valence-corrected chi connectivity index (χ0v) is 14.9. The summed E-state index contributed by atoms with van der Waals surface area (Å²) in [6.07, 6.45) is 0. The third-order valence-corrected chi connectivity index (χ3v) is 3.67. The number of hydrogen-bond acceptors (Lipinski definition) is 7. The first-order valence-electron chi connectivity index (χ1n) is 7.72. The lowest BCUT2D eigenvalue weighted by Crippen LogP contribution is -2.19. The molecule has 0 radical (unpaired) electrons. The number of carbonyl (C=O) groups is 4. The minimum absolute atomic E-state index is 0.0362. The summed E-state index contributed by atoms with van der Waals surface area (Å²) in [7, 11) is 3.60. The van der Waals surface area contributed by atoms with Crippen LogP contribution >= 0.6 is 0 Å². The van der Waals surface area contributed by atoms with Gasteiger partial charge in [-0.05, 0) is 30.3 Å². The molecule has 1 amide bonds. The molecule has 2 aromatic carbocycles. The molecule has 0 aliphatic heterocycles. The molecule has 0 bridgehead atoms. The van der Waals surface area contributed by atoms with Gasteiger partial charge in [0.25, 0.3) is 5.91 Å². The van der Waals surface area contributed by atoms with E-state index in [1.807, 2.05) is 0 Å². The predicted molar refractivity (Wildman–Crippen MR) is 94.9 cm³/mol. The Morgan fingerprint density at radius 1 is 0.704 bits per heavy atom. The fourth-order valence-electron chi connectivity index (χ4n) is 2.34. The summed E-state index contributed by atoms with van der Waals surface area (Å²) < 4.78 is 14.0. The molecule has 0 atom stereocenters. The van der Waals surface area contributed by atoms with E-state index < -0.39 is 23.8 Å². The highest BCUT2D eigenvalue weighted by Crippen LogP contribution is 2.21. The standard InChI is InChI=1S/C19H17NO7/c1-25-17(22)11-8-9-14(19(24)27-3)15(10-11)20-16(21)12-6-4-5-7-13(12)18(23)26-2/h4-10H,1-3H3,(H,20,21). The summed E-state index contributed by atoms with van der Waals surface area (Å²) >= 11 is 0. The quantitative estimate of drug-likeness (QED) is 0.634. The second kappa shape index (κ2) is 8.61. The molecule has 140 valence electrons. The fraction of sp³-hybridized carbons (Fsp3) is 0.158. The number of ether oxygens (including phenoxy) is 3. The maximum Gasteiger partial charge on any atom is 0.339 e. The third kappa shape index (κ3) is 4.30. The van der Waals surface area contributed by atoms with Gasteiger partial charge in [0.2, 0.25) is 0 Å². The molecular weight excluding hydrogens is 354 g/mol. The van der Waals surface area contributed by atoms with Crippen LogP contribution in [0.5, 0.6) is 0 Å². The van der Waals surface area contributed by atoms with Gasteiger partial charge in [0.15, 0.2) is 0 Å². The first-order valence-corrected chi connectivity index (χ1v) is 7.72. The molecular formula is C19H17NO7. The van der Waals surface area contributed by atoms with E-state index in [1.165, 1.54) is 51.7 Å². The van der Waals surface area contributed by atoms with E-state index in [-0.39, 0.29) is 27.9 Å². The Hall–Kier alpha value is -3.68. The Labute approximate surface area is 155 Å². The van der Waals surface area contributed by atoms with Crippen LogP contribution in [0, 0.1) is 0 Å². The van der Waals surface area contributed by atoms with Gasteiger partial charge in [-0.2, -0.15) is 0 Å². The normalized spacial score (nSPS) is 9.89. The summed E-state index contributed by atoms with van der Waals surface area (Å²) in [5, 5.41) is 2.53. The molecule has 0 unspecified atom stereocenters. The van der Waals surface area contributed by atoms with E-state index in [2.05, 4.69) is 19.5 Å². The van der Waals surface area contributed by atoms with Crippen molar-refractivity contribution in [3.05, 3.63) is 64.7 Å². The topological polar surface area (TPSA) is 108 Å². The van der Waals surface area contributed by atoms with Crippen molar-refractivity contribution in [3.63, 3.8) is 0 Å². The highest BCUT2D eigenvalue weighted by Gasteiger charge is 2.21. The SMILES string of the molecule is COC(=O)c1ccc(C(=O)OC)c(NC(=O)c2ccccc2C(=O)OC)c1. The molecule has 8 heteroatoms. The number of anilines is 1. The molecule has 0 saturated carbocycles. The third-order valence-electron chi connectivity index (χ3n) is 3.67. The molecule has 1 N–H and O–H groups in total. The van der Waals surface area contributed by atoms with Gasteiger partial charge < -0.3 is 19.5 Å². The van der Waals surface area contributed by atoms with Crippen LogP contribution < -0.4 is 5.32 Å². The second-order valence-electron chi connectivity index (χ2n) is 5.23. The molecule has 2 aromatic rings. The first-order chi connectivity index (χ1) is 12.9. The molecule has 27 heavy (non-hydrogen) atoms. The maximum atomic E-state index is 12.7. The van der Waals surface area contributed by atoms with E-state index in [0.717, 1.165) is 0 Å². The number of esters is 3. The van der Waals surface area contributed by atoms with Crippen LogP contribution in [0.25, 0.3) is 0 Å². The highest BCUT2D eigenvalue weighted by molar-refractivity contribution is 6.13. The van der Waals surface area contributed by atoms with Gasteiger partial charge in [-0.3, -0.25) is 4.79 Å². The number of benzene rings is 2. The van der Waals surface area contributed by atoms with Gasteiger partial charge >= 0.3 is 17.9 Å². The van der Waals surface area contributed by atoms with E-state index in [1.54, 1.807) is 12.1 Å². The van der Waals surface area contributed by atoms with Crippen LogP contribution in [0.15, 0.2) is 42.5 Å². The largest absolute Gasteiger partial charge is 0.465 e. The average molecular weight is 371 g/mol. The average Bonchev–Trinajstić information content (AvgIpc) is 2.71. The maximum absolute atomic E-state index is 12.7. The molecule has 8 nitrogen and oxygen atoms in total. The molecule has 0 heterocycles. The highest BCUT2D eigenvalue weighted by atomic mass is 16.5. The van der Waals surface area contributed by atoms with Gasteiger partial charge in [0.05, 0.1) is 49.3 Å². The number of carbonyl (C=O) groups excluding carboxylic acids is 4. The number of methoxy groups -OCH3 is 3. The lowest BCUT2D eigenvalue weighted by Gasteiger charge is -2.13. The monoisotopic (exact) mass is 371 g/mol. The Kier molecular flexibility index (Phi) is 6.27. The van der Waals surface area contributed by atoms with Gasteiger partial charge in [-0.25, -0.2) is 14.4 Å². The molecule has 0 fully saturated rings. The van der Waals surface area contributed by atoms with Gasteiger partial charge in [0, 0.05) is 0 Å². The van der Waals surface area contributed by atoms with Crippen LogP contribution in [-0.4, -0.2) is 45.1 Å². The molecule has 2 rings (SSSR count). The van der Waals surface area contributed by atoms with E-state index in [9.17, 15) is 19.2 Å². The molecule has 0 saturated heterocycles. The Morgan fingerprint density at radius 3 is 1.85 bits per heavy atom. The van der Waals surface area contributed by atoms with Crippen LogP contribution in [-0.2, 0) is 14.2 Å². The van der Waals surface area contributed by atoms with Crippen molar-refractivity contribution >= 4 is 29.5 Å². The summed E-state index contributed by atoms with van der Waals surface area (Å²) in [5.74, 6) is -2.69. The first kappa shape index (κ1) is 19.6. The molecule has 0 aromatic heterocycles. The van der Waals surface area contributed by atoms with Crippen LogP contribution in [0.2, 0.25) is 0 Å². The molecule has 0 aliphatic carbocycles. The van der Waals surface area contributed by atoms with Crippen LogP contribution in [0.1, 0.15) is 41.4 Å². The van der Waals surface area contributed by atoms with Gasteiger partial charge in [0.1, 0.15) is 0 Å². The second-order valence-corrected chi connectivity index (χ2v) is 5.23. The Bertz CT molecular complexity index is 905. The van der Waals surface area contributed by atoms with E-state index in [0.29, 0.717) is 0 Å². The van der Waals surface area contributed by atoms with Crippen molar-refractivity contribution in [1.29, 1.82) is 0 Å². The zero-order chi connectivity index (χ0) is 20.0. The smallest absolute Gasteiger partial charge is 0.339 e.